The number of hydrogen-bond acceptors (Lipinski definition) is 3. The number of imidazole rings is 1. The third-order valence-corrected chi connectivity index (χ3v) is 6.54. The summed E-state index contributed by atoms with van der Waals surface area (Å²) in [5.41, 5.74) is 4.61. The maximum atomic E-state index is 12.3. The molecule has 1 saturated heterocycles. The Morgan fingerprint density at radius 3 is 1.94 bits per heavy atom. The number of benzene rings is 3. The van der Waals surface area contributed by atoms with E-state index in [4.69, 9.17) is 0 Å². The molecule has 1 aromatic heterocycles. The summed E-state index contributed by atoms with van der Waals surface area (Å²) in [6.45, 7) is 5.96. The molecule has 33 heavy (non-hydrogen) atoms. The van der Waals surface area contributed by atoms with Gasteiger partial charge in [-0.1, -0.05) is 72.8 Å². The molecule has 4 aromatic rings. The summed E-state index contributed by atoms with van der Waals surface area (Å²) in [6, 6.07) is 29.9. The van der Waals surface area contributed by atoms with Gasteiger partial charge in [0.15, 0.2) is 0 Å². The molecule has 0 spiro atoms. The van der Waals surface area contributed by atoms with Crippen LogP contribution in [0.3, 0.4) is 0 Å². The van der Waals surface area contributed by atoms with E-state index in [2.05, 4.69) is 75.4 Å². The van der Waals surface area contributed by atoms with Crippen LogP contribution in [0.1, 0.15) is 23.6 Å². The topological polar surface area (TPSA) is 44.3 Å². The van der Waals surface area contributed by atoms with Crippen molar-refractivity contribution in [3.05, 3.63) is 107 Å². The fraction of sp³-hybridized carbons (Fsp3) is 0.296. The third-order valence-electron chi connectivity index (χ3n) is 6.54. The first kappa shape index (κ1) is 23.3. The molecular formula is C27H31ClN4O. The molecule has 1 aliphatic heterocycles. The molecule has 6 heteroatoms. The SMILES string of the molecule is Cl.O=c1[nH]c2ccccc2n1CCCN1CCN(C(c2ccccc2)c2ccccc2)CC1. The molecule has 0 saturated carbocycles. The van der Waals surface area contributed by atoms with Gasteiger partial charge in [0, 0.05) is 32.7 Å². The van der Waals surface area contributed by atoms with Gasteiger partial charge in [0.25, 0.3) is 0 Å². The molecule has 3 aromatic carbocycles. The minimum absolute atomic E-state index is 0. The molecule has 0 aliphatic carbocycles. The highest BCUT2D eigenvalue weighted by Crippen LogP contribution is 2.29. The van der Waals surface area contributed by atoms with E-state index in [0.717, 1.165) is 56.7 Å². The first-order valence-corrected chi connectivity index (χ1v) is 11.5. The van der Waals surface area contributed by atoms with Gasteiger partial charge in [-0.3, -0.25) is 9.47 Å². The molecule has 5 nitrogen and oxygen atoms in total. The fourth-order valence-corrected chi connectivity index (χ4v) is 4.91. The Balaban J connectivity index is 0.00000259. The number of nitrogens with zero attached hydrogens (tertiary/aromatic N) is 3. The third kappa shape index (κ3) is 5.22. The molecule has 0 radical (unpaired) electrons. The summed E-state index contributed by atoms with van der Waals surface area (Å²) in [4.78, 5) is 20.4. The van der Waals surface area contributed by atoms with E-state index in [-0.39, 0.29) is 18.1 Å². The summed E-state index contributed by atoms with van der Waals surface area (Å²) in [7, 11) is 0. The zero-order chi connectivity index (χ0) is 21.8. The van der Waals surface area contributed by atoms with E-state index in [1.165, 1.54) is 11.1 Å². The average Bonchev–Trinajstić information content (AvgIpc) is 3.17. The van der Waals surface area contributed by atoms with Gasteiger partial charge in [0.05, 0.1) is 17.1 Å². The van der Waals surface area contributed by atoms with Crippen LogP contribution in [0.5, 0.6) is 0 Å². The number of fused-ring (bicyclic) bond motifs is 1. The predicted molar refractivity (Wildman–Crippen MR) is 137 cm³/mol. The first-order chi connectivity index (χ1) is 15.8. The Labute approximate surface area is 201 Å². The van der Waals surface area contributed by atoms with Gasteiger partial charge in [0.2, 0.25) is 0 Å². The molecule has 0 amide bonds. The number of aromatic amines is 1. The second kappa shape index (κ2) is 10.8. The Morgan fingerprint density at radius 1 is 0.727 bits per heavy atom. The van der Waals surface area contributed by atoms with Crippen molar-refractivity contribution in [1.82, 2.24) is 19.4 Å². The number of halogens is 1. The minimum atomic E-state index is -0.00965. The molecule has 1 N–H and O–H groups in total. The predicted octanol–water partition coefficient (Wildman–Crippen LogP) is 4.55. The summed E-state index contributed by atoms with van der Waals surface area (Å²) < 4.78 is 1.87. The van der Waals surface area contributed by atoms with Crippen LogP contribution < -0.4 is 5.69 Å². The highest BCUT2D eigenvalue weighted by Gasteiger charge is 2.26. The Bertz CT molecular complexity index is 1160. The lowest BCUT2D eigenvalue weighted by Crippen LogP contribution is -2.48. The number of H-pyrrole nitrogens is 1. The molecule has 1 aliphatic rings. The smallest absolute Gasteiger partial charge is 0.306 e. The van der Waals surface area contributed by atoms with Gasteiger partial charge >= 0.3 is 5.69 Å². The molecule has 2 heterocycles. The minimum Gasteiger partial charge on any atom is -0.306 e. The molecule has 5 rings (SSSR count). The number of nitrogens with one attached hydrogen (secondary N) is 1. The average molecular weight is 463 g/mol. The number of aryl methyl sites for hydroxylation is 1. The monoisotopic (exact) mass is 462 g/mol. The Kier molecular flexibility index (Phi) is 7.65. The first-order valence-electron chi connectivity index (χ1n) is 11.5. The largest absolute Gasteiger partial charge is 0.326 e. The lowest BCUT2D eigenvalue weighted by Gasteiger charge is -2.39. The van der Waals surface area contributed by atoms with Crippen LogP contribution >= 0.6 is 12.4 Å². The Morgan fingerprint density at radius 2 is 1.30 bits per heavy atom. The van der Waals surface area contributed by atoms with Crippen LogP contribution in [-0.4, -0.2) is 52.1 Å². The lowest BCUT2D eigenvalue weighted by atomic mass is 9.96. The van der Waals surface area contributed by atoms with Gasteiger partial charge < -0.3 is 9.88 Å². The van der Waals surface area contributed by atoms with Crippen molar-refractivity contribution in [3.8, 4) is 0 Å². The summed E-state index contributed by atoms with van der Waals surface area (Å²) >= 11 is 0. The van der Waals surface area contributed by atoms with Gasteiger partial charge in [-0.25, -0.2) is 4.79 Å². The molecule has 172 valence electrons. The van der Waals surface area contributed by atoms with E-state index < -0.39 is 0 Å². The highest BCUT2D eigenvalue weighted by molar-refractivity contribution is 5.85. The van der Waals surface area contributed by atoms with Crippen LogP contribution in [0.4, 0.5) is 0 Å². The second-order valence-corrected chi connectivity index (χ2v) is 8.55. The van der Waals surface area contributed by atoms with Crippen molar-refractivity contribution in [2.24, 2.45) is 0 Å². The van der Waals surface area contributed by atoms with Crippen molar-refractivity contribution < 1.29 is 0 Å². The van der Waals surface area contributed by atoms with Crippen molar-refractivity contribution in [1.29, 1.82) is 0 Å². The van der Waals surface area contributed by atoms with Crippen LogP contribution in [0, 0.1) is 0 Å². The number of piperazine rings is 1. The van der Waals surface area contributed by atoms with Crippen LogP contribution in [-0.2, 0) is 6.54 Å². The van der Waals surface area contributed by atoms with Crippen LogP contribution in [0.25, 0.3) is 11.0 Å². The highest BCUT2D eigenvalue weighted by atomic mass is 35.5. The van der Waals surface area contributed by atoms with E-state index in [1.807, 2.05) is 28.8 Å². The summed E-state index contributed by atoms with van der Waals surface area (Å²) in [5.74, 6) is 0. The summed E-state index contributed by atoms with van der Waals surface area (Å²) in [6.07, 6.45) is 0.975. The summed E-state index contributed by atoms with van der Waals surface area (Å²) in [5, 5.41) is 0. The van der Waals surface area contributed by atoms with Gasteiger partial charge in [0.1, 0.15) is 0 Å². The van der Waals surface area contributed by atoms with E-state index in [0.29, 0.717) is 6.04 Å². The number of hydrogen-bond donors (Lipinski definition) is 1. The maximum absolute atomic E-state index is 12.3. The molecule has 0 unspecified atom stereocenters. The molecular weight excluding hydrogens is 432 g/mol. The van der Waals surface area contributed by atoms with E-state index in [1.54, 1.807) is 0 Å². The molecule has 0 atom stereocenters. The Hall–Kier alpha value is -2.86. The zero-order valence-corrected chi connectivity index (χ0v) is 19.6. The number of aromatic nitrogens is 2. The van der Waals surface area contributed by atoms with Gasteiger partial charge in [-0.15, -0.1) is 12.4 Å². The normalized spacial score (nSPS) is 15.1. The lowest BCUT2D eigenvalue weighted by molar-refractivity contribution is 0.108. The van der Waals surface area contributed by atoms with Gasteiger partial charge in [-0.05, 0) is 36.2 Å². The number of para-hydroxylation sites is 2. The van der Waals surface area contributed by atoms with Crippen LogP contribution in [0.15, 0.2) is 89.7 Å². The standard InChI is InChI=1S/C27H30N4O.ClH/c32-27-28-24-14-7-8-15-25(24)31(27)17-9-16-29-18-20-30(21-19-29)26(22-10-3-1-4-11-22)23-12-5-2-6-13-23;/h1-8,10-15,26H,9,16-21H2,(H,28,32);1H. The van der Waals surface area contributed by atoms with Crippen molar-refractivity contribution in [2.75, 3.05) is 32.7 Å². The quantitative estimate of drug-likeness (QED) is 0.438. The van der Waals surface area contributed by atoms with Crippen molar-refractivity contribution >= 4 is 23.4 Å². The van der Waals surface area contributed by atoms with Gasteiger partial charge in [-0.2, -0.15) is 0 Å². The number of rotatable bonds is 7. The zero-order valence-electron chi connectivity index (χ0n) is 18.8. The van der Waals surface area contributed by atoms with E-state index >= 15 is 0 Å². The molecule has 1 fully saturated rings. The van der Waals surface area contributed by atoms with Crippen LogP contribution in [0.2, 0.25) is 0 Å². The molecule has 0 bridgehead atoms. The van der Waals surface area contributed by atoms with Crippen molar-refractivity contribution in [3.63, 3.8) is 0 Å². The van der Waals surface area contributed by atoms with E-state index in [9.17, 15) is 4.79 Å². The maximum Gasteiger partial charge on any atom is 0.326 e. The fourth-order valence-electron chi connectivity index (χ4n) is 4.91. The second-order valence-electron chi connectivity index (χ2n) is 8.55. The van der Waals surface area contributed by atoms with Crippen molar-refractivity contribution in [2.45, 2.75) is 19.0 Å².